The monoisotopic (exact) mass is 252 g/mol. The lowest BCUT2D eigenvalue weighted by molar-refractivity contribution is -0.122. The maximum atomic E-state index is 11.5. The van der Waals surface area contributed by atoms with Gasteiger partial charge in [-0.2, -0.15) is 0 Å². The van der Waals surface area contributed by atoms with Gasteiger partial charge in [0.05, 0.1) is 18.7 Å². The number of aliphatic hydroxyl groups is 1. The first kappa shape index (κ1) is 14.3. The molecule has 5 heteroatoms. The SMILES string of the molecule is CC(CCO)NC(=O)CCOc1ccccc1N. The highest BCUT2D eigenvalue weighted by Crippen LogP contribution is 2.19. The van der Waals surface area contributed by atoms with Crippen molar-refractivity contribution in [1.29, 1.82) is 0 Å². The molecular formula is C13H20N2O3. The van der Waals surface area contributed by atoms with Crippen LogP contribution in [-0.4, -0.2) is 30.3 Å². The first-order valence-electron chi connectivity index (χ1n) is 6.01. The molecule has 4 N–H and O–H groups in total. The van der Waals surface area contributed by atoms with Crippen LogP contribution in [0.25, 0.3) is 0 Å². The van der Waals surface area contributed by atoms with E-state index in [1.54, 1.807) is 12.1 Å². The van der Waals surface area contributed by atoms with Crippen molar-refractivity contribution < 1.29 is 14.6 Å². The molecule has 18 heavy (non-hydrogen) atoms. The third kappa shape index (κ3) is 5.05. The number of nitrogens with two attached hydrogens (primary N) is 1. The van der Waals surface area contributed by atoms with E-state index in [0.29, 0.717) is 17.9 Å². The highest BCUT2D eigenvalue weighted by atomic mass is 16.5. The van der Waals surface area contributed by atoms with Gasteiger partial charge in [0.25, 0.3) is 0 Å². The van der Waals surface area contributed by atoms with Gasteiger partial charge in [0.1, 0.15) is 5.75 Å². The van der Waals surface area contributed by atoms with Crippen molar-refractivity contribution >= 4 is 11.6 Å². The quantitative estimate of drug-likeness (QED) is 0.630. The summed E-state index contributed by atoms with van der Waals surface area (Å²) in [5, 5.41) is 11.5. The standard InChI is InChI=1S/C13H20N2O3/c1-10(6-8-16)15-13(17)7-9-18-12-5-3-2-4-11(12)14/h2-5,10,16H,6-9,14H2,1H3,(H,15,17). The molecule has 0 spiro atoms. The summed E-state index contributed by atoms with van der Waals surface area (Å²) in [7, 11) is 0. The minimum atomic E-state index is -0.0922. The molecule has 5 nitrogen and oxygen atoms in total. The van der Waals surface area contributed by atoms with E-state index in [2.05, 4.69) is 5.32 Å². The molecule has 0 heterocycles. The van der Waals surface area contributed by atoms with Crippen molar-refractivity contribution in [2.45, 2.75) is 25.8 Å². The number of hydrogen-bond acceptors (Lipinski definition) is 4. The van der Waals surface area contributed by atoms with Gasteiger partial charge in [0, 0.05) is 12.6 Å². The fourth-order valence-electron chi connectivity index (χ4n) is 1.48. The fourth-order valence-corrected chi connectivity index (χ4v) is 1.48. The van der Waals surface area contributed by atoms with Crippen molar-refractivity contribution in [3.63, 3.8) is 0 Å². The van der Waals surface area contributed by atoms with Crippen LogP contribution in [0.4, 0.5) is 5.69 Å². The van der Waals surface area contributed by atoms with Crippen LogP contribution < -0.4 is 15.8 Å². The average molecular weight is 252 g/mol. The van der Waals surface area contributed by atoms with Crippen LogP contribution in [-0.2, 0) is 4.79 Å². The molecule has 1 amide bonds. The van der Waals surface area contributed by atoms with Crippen LogP contribution >= 0.6 is 0 Å². The van der Waals surface area contributed by atoms with Gasteiger partial charge in [-0.05, 0) is 25.5 Å². The molecule has 1 atom stereocenters. The Labute approximate surface area is 107 Å². The summed E-state index contributed by atoms with van der Waals surface area (Å²) >= 11 is 0. The van der Waals surface area contributed by atoms with Gasteiger partial charge in [0.15, 0.2) is 0 Å². The molecule has 1 aromatic rings. The van der Waals surface area contributed by atoms with Crippen LogP contribution in [0.5, 0.6) is 5.75 Å². The third-order valence-electron chi connectivity index (χ3n) is 2.48. The lowest BCUT2D eigenvalue weighted by Crippen LogP contribution is -2.33. The van der Waals surface area contributed by atoms with Gasteiger partial charge >= 0.3 is 0 Å². The molecule has 0 aliphatic rings. The number of carbonyl (C=O) groups excluding carboxylic acids is 1. The Bertz CT molecular complexity index is 382. The number of nitrogen functional groups attached to an aromatic ring is 1. The molecule has 0 fully saturated rings. The smallest absolute Gasteiger partial charge is 0.223 e. The number of nitrogens with one attached hydrogen (secondary N) is 1. The number of hydrogen-bond donors (Lipinski definition) is 3. The Kier molecular flexibility index (Phi) is 6.00. The number of aliphatic hydroxyl groups excluding tert-OH is 1. The van der Waals surface area contributed by atoms with Gasteiger partial charge in [-0.3, -0.25) is 4.79 Å². The summed E-state index contributed by atoms with van der Waals surface area (Å²) in [6, 6.07) is 7.14. The van der Waals surface area contributed by atoms with E-state index in [0.717, 1.165) is 0 Å². The van der Waals surface area contributed by atoms with Crippen molar-refractivity contribution in [1.82, 2.24) is 5.32 Å². The van der Waals surface area contributed by atoms with E-state index in [1.807, 2.05) is 19.1 Å². The number of rotatable bonds is 7. The summed E-state index contributed by atoms with van der Waals surface area (Å²) < 4.78 is 5.41. The summed E-state index contributed by atoms with van der Waals surface area (Å²) in [6.07, 6.45) is 0.822. The lowest BCUT2D eigenvalue weighted by atomic mass is 10.2. The maximum absolute atomic E-state index is 11.5. The zero-order valence-corrected chi connectivity index (χ0v) is 10.6. The van der Waals surface area contributed by atoms with Crippen molar-refractivity contribution in [2.75, 3.05) is 18.9 Å². The molecule has 0 saturated heterocycles. The van der Waals surface area contributed by atoms with E-state index in [1.165, 1.54) is 0 Å². The van der Waals surface area contributed by atoms with Gasteiger partial charge in [-0.25, -0.2) is 0 Å². The van der Waals surface area contributed by atoms with E-state index < -0.39 is 0 Å². The van der Waals surface area contributed by atoms with Crippen LogP contribution in [0.15, 0.2) is 24.3 Å². The van der Waals surface area contributed by atoms with Crippen molar-refractivity contribution in [3.8, 4) is 5.75 Å². The molecule has 1 rings (SSSR count). The molecule has 0 aromatic heterocycles. The van der Waals surface area contributed by atoms with Gasteiger partial charge in [0.2, 0.25) is 5.91 Å². The highest BCUT2D eigenvalue weighted by molar-refractivity contribution is 5.76. The van der Waals surface area contributed by atoms with Crippen molar-refractivity contribution in [3.05, 3.63) is 24.3 Å². The molecule has 0 bridgehead atoms. The number of carbonyl (C=O) groups is 1. The van der Waals surface area contributed by atoms with E-state index in [-0.39, 0.29) is 31.6 Å². The second-order valence-corrected chi connectivity index (χ2v) is 4.12. The largest absolute Gasteiger partial charge is 0.491 e. The predicted molar refractivity (Wildman–Crippen MR) is 70.3 cm³/mol. The van der Waals surface area contributed by atoms with E-state index in [4.69, 9.17) is 15.6 Å². The normalized spacial score (nSPS) is 11.9. The topological polar surface area (TPSA) is 84.6 Å². The summed E-state index contributed by atoms with van der Waals surface area (Å²) in [4.78, 5) is 11.5. The number of anilines is 1. The molecule has 100 valence electrons. The van der Waals surface area contributed by atoms with Crippen LogP contribution in [0, 0.1) is 0 Å². The minimum absolute atomic E-state index is 0.0238. The average Bonchev–Trinajstić information content (AvgIpc) is 2.31. The molecule has 1 aromatic carbocycles. The molecule has 0 radical (unpaired) electrons. The number of para-hydroxylation sites is 2. The van der Waals surface area contributed by atoms with E-state index >= 15 is 0 Å². The summed E-state index contributed by atoms with van der Waals surface area (Å²) in [6.45, 7) is 2.20. The molecule has 1 unspecified atom stereocenters. The van der Waals surface area contributed by atoms with Gasteiger partial charge < -0.3 is 20.9 Å². The summed E-state index contributed by atoms with van der Waals surface area (Å²) in [5.41, 5.74) is 6.27. The zero-order chi connectivity index (χ0) is 13.4. The molecule has 0 aliphatic heterocycles. The van der Waals surface area contributed by atoms with Gasteiger partial charge in [-0.1, -0.05) is 12.1 Å². The Morgan fingerprint density at radius 1 is 1.50 bits per heavy atom. The van der Waals surface area contributed by atoms with Crippen LogP contribution in [0.3, 0.4) is 0 Å². The highest BCUT2D eigenvalue weighted by Gasteiger charge is 2.07. The predicted octanol–water partition coefficient (Wildman–Crippen LogP) is 0.925. The maximum Gasteiger partial charge on any atom is 0.223 e. The third-order valence-corrected chi connectivity index (χ3v) is 2.48. The van der Waals surface area contributed by atoms with E-state index in [9.17, 15) is 4.79 Å². The molecule has 0 saturated carbocycles. The Morgan fingerprint density at radius 3 is 2.89 bits per heavy atom. The first-order chi connectivity index (χ1) is 8.63. The number of benzene rings is 1. The van der Waals surface area contributed by atoms with Crippen LogP contribution in [0.2, 0.25) is 0 Å². The zero-order valence-electron chi connectivity index (χ0n) is 10.6. The Hall–Kier alpha value is -1.75. The second-order valence-electron chi connectivity index (χ2n) is 4.12. The second kappa shape index (κ2) is 7.55. The van der Waals surface area contributed by atoms with Crippen molar-refractivity contribution in [2.24, 2.45) is 0 Å². The molecular weight excluding hydrogens is 232 g/mol. The Morgan fingerprint density at radius 2 is 2.22 bits per heavy atom. The van der Waals surface area contributed by atoms with Gasteiger partial charge in [-0.15, -0.1) is 0 Å². The minimum Gasteiger partial charge on any atom is -0.491 e. The Balaban J connectivity index is 2.25. The van der Waals surface area contributed by atoms with Crippen LogP contribution in [0.1, 0.15) is 19.8 Å². The number of amides is 1. The fraction of sp³-hybridized carbons (Fsp3) is 0.462. The number of ether oxygens (including phenoxy) is 1. The first-order valence-corrected chi connectivity index (χ1v) is 6.01. The lowest BCUT2D eigenvalue weighted by Gasteiger charge is -2.13. The molecule has 0 aliphatic carbocycles. The summed E-state index contributed by atoms with van der Waals surface area (Å²) in [5.74, 6) is 0.499.